The highest BCUT2D eigenvalue weighted by molar-refractivity contribution is 5.18. The lowest BCUT2D eigenvalue weighted by Gasteiger charge is -2.10. The van der Waals surface area contributed by atoms with E-state index in [0.29, 0.717) is 18.8 Å². The van der Waals surface area contributed by atoms with Gasteiger partial charge in [0.25, 0.3) is 5.92 Å². The lowest BCUT2D eigenvalue weighted by atomic mass is 10.1. The lowest BCUT2D eigenvalue weighted by Crippen LogP contribution is -2.09. The van der Waals surface area contributed by atoms with Crippen LogP contribution in [0.2, 0.25) is 0 Å². The van der Waals surface area contributed by atoms with Gasteiger partial charge in [0.05, 0.1) is 31.3 Å². The van der Waals surface area contributed by atoms with E-state index < -0.39 is 5.92 Å². The number of hydrogen-bond acceptors (Lipinski definition) is 4. The summed E-state index contributed by atoms with van der Waals surface area (Å²) in [4.78, 5) is 8.00. The molecule has 0 bridgehead atoms. The average Bonchev–Trinajstić information content (AvgIpc) is 3.11. The van der Waals surface area contributed by atoms with Crippen LogP contribution in [-0.2, 0) is 19.0 Å². The molecule has 3 aromatic rings. The molecule has 0 aliphatic carbocycles. The molecule has 0 aliphatic heterocycles. The zero-order chi connectivity index (χ0) is 15.6. The third kappa shape index (κ3) is 3.33. The van der Waals surface area contributed by atoms with Crippen molar-refractivity contribution < 1.29 is 8.78 Å². The summed E-state index contributed by atoms with van der Waals surface area (Å²) in [5.41, 5.74) is 1.33. The predicted molar refractivity (Wildman–Crippen MR) is 74.3 cm³/mol. The second-order valence-electron chi connectivity index (χ2n) is 5.07. The van der Waals surface area contributed by atoms with Crippen molar-refractivity contribution >= 4 is 0 Å². The second-order valence-corrected chi connectivity index (χ2v) is 5.07. The topological polar surface area (TPSA) is 61.4 Å². The van der Waals surface area contributed by atoms with Gasteiger partial charge in [-0.2, -0.15) is 0 Å². The van der Waals surface area contributed by atoms with Crippen molar-refractivity contribution in [1.82, 2.24) is 29.5 Å². The Hall–Kier alpha value is -2.64. The molecule has 0 N–H and O–H groups in total. The Morgan fingerprint density at radius 3 is 2.68 bits per heavy atom. The molecule has 3 aromatic heterocycles. The smallest absolute Gasteiger partial charge is 0.272 e. The van der Waals surface area contributed by atoms with Crippen LogP contribution in [0.15, 0.2) is 43.2 Å². The number of halogens is 2. The van der Waals surface area contributed by atoms with Gasteiger partial charge in [0.1, 0.15) is 5.69 Å². The third-order valence-electron chi connectivity index (χ3n) is 3.15. The molecular weight excluding hydrogens is 290 g/mol. The van der Waals surface area contributed by atoms with Crippen LogP contribution in [0.3, 0.4) is 0 Å². The van der Waals surface area contributed by atoms with Gasteiger partial charge in [0, 0.05) is 31.1 Å². The summed E-state index contributed by atoms with van der Waals surface area (Å²) in [6, 6.07) is 2.95. The fraction of sp³-hybridized carbons (Fsp3) is 0.286. The summed E-state index contributed by atoms with van der Waals surface area (Å²) in [6.07, 6.45) is 8.22. The van der Waals surface area contributed by atoms with Crippen molar-refractivity contribution in [2.75, 3.05) is 0 Å². The van der Waals surface area contributed by atoms with E-state index in [0.717, 1.165) is 12.6 Å². The molecule has 0 unspecified atom stereocenters. The van der Waals surface area contributed by atoms with Crippen LogP contribution in [0.1, 0.15) is 23.9 Å². The van der Waals surface area contributed by atoms with E-state index >= 15 is 0 Å². The first-order valence-corrected chi connectivity index (χ1v) is 6.69. The van der Waals surface area contributed by atoms with Gasteiger partial charge in [-0.15, -0.1) is 5.10 Å². The van der Waals surface area contributed by atoms with E-state index in [4.69, 9.17) is 0 Å². The molecular formula is C14H14F2N6. The molecule has 8 heteroatoms. The van der Waals surface area contributed by atoms with Gasteiger partial charge in [-0.1, -0.05) is 5.21 Å². The van der Waals surface area contributed by atoms with Crippen molar-refractivity contribution in [1.29, 1.82) is 0 Å². The van der Waals surface area contributed by atoms with Crippen molar-refractivity contribution in [3.63, 3.8) is 0 Å². The van der Waals surface area contributed by atoms with Crippen molar-refractivity contribution in [3.05, 3.63) is 60.2 Å². The lowest BCUT2D eigenvalue weighted by molar-refractivity contribution is 0.0171. The van der Waals surface area contributed by atoms with E-state index in [2.05, 4.69) is 20.3 Å². The number of rotatable bonds is 5. The standard InChI is InChI=1S/C14H14F2N6/c1-14(15,16)11-2-3-12(18-6-11)8-22-9-13(19-20-22)7-21-5-4-17-10-21/h2-6,9-10H,7-8H2,1H3. The van der Waals surface area contributed by atoms with E-state index in [9.17, 15) is 8.78 Å². The Labute approximate surface area is 125 Å². The molecule has 0 aliphatic rings. The summed E-state index contributed by atoms with van der Waals surface area (Å²) in [5, 5.41) is 8.07. The number of imidazole rings is 1. The number of nitrogens with zero attached hydrogens (tertiary/aromatic N) is 6. The average molecular weight is 304 g/mol. The molecule has 0 radical (unpaired) electrons. The van der Waals surface area contributed by atoms with Crippen LogP contribution in [0, 0.1) is 0 Å². The van der Waals surface area contributed by atoms with Crippen LogP contribution in [0.25, 0.3) is 0 Å². The maximum Gasteiger partial charge on any atom is 0.272 e. The van der Waals surface area contributed by atoms with E-state index in [1.54, 1.807) is 29.5 Å². The van der Waals surface area contributed by atoms with Crippen molar-refractivity contribution in [2.24, 2.45) is 0 Å². The molecule has 6 nitrogen and oxygen atoms in total. The van der Waals surface area contributed by atoms with Crippen molar-refractivity contribution in [3.8, 4) is 0 Å². The zero-order valence-electron chi connectivity index (χ0n) is 11.9. The molecule has 0 amide bonds. The molecule has 0 aromatic carbocycles. The summed E-state index contributed by atoms with van der Waals surface area (Å²) >= 11 is 0. The molecule has 22 heavy (non-hydrogen) atoms. The Bertz CT molecular complexity index is 728. The van der Waals surface area contributed by atoms with Crippen LogP contribution in [-0.4, -0.2) is 29.5 Å². The zero-order valence-corrected chi connectivity index (χ0v) is 11.9. The monoisotopic (exact) mass is 304 g/mol. The summed E-state index contributed by atoms with van der Waals surface area (Å²) in [6.45, 7) is 1.81. The number of pyridine rings is 1. The Morgan fingerprint density at radius 2 is 2.05 bits per heavy atom. The summed E-state index contributed by atoms with van der Waals surface area (Å²) in [7, 11) is 0. The minimum absolute atomic E-state index is 0.101. The first kappa shape index (κ1) is 14.3. The fourth-order valence-corrected chi connectivity index (χ4v) is 2.00. The van der Waals surface area contributed by atoms with Gasteiger partial charge in [0.2, 0.25) is 0 Å². The third-order valence-corrected chi connectivity index (χ3v) is 3.15. The Balaban J connectivity index is 1.67. The van der Waals surface area contributed by atoms with E-state index in [1.807, 2.05) is 10.8 Å². The van der Waals surface area contributed by atoms with Crippen molar-refractivity contribution in [2.45, 2.75) is 25.9 Å². The van der Waals surface area contributed by atoms with Gasteiger partial charge >= 0.3 is 0 Å². The molecule has 0 saturated carbocycles. The van der Waals surface area contributed by atoms with E-state index in [1.165, 1.54) is 12.3 Å². The first-order chi connectivity index (χ1) is 10.5. The second kappa shape index (κ2) is 5.63. The van der Waals surface area contributed by atoms with Gasteiger partial charge in [-0.05, 0) is 12.1 Å². The van der Waals surface area contributed by atoms with Gasteiger partial charge in [0.15, 0.2) is 0 Å². The quantitative estimate of drug-likeness (QED) is 0.724. The van der Waals surface area contributed by atoms with E-state index in [-0.39, 0.29) is 5.56 Å². The van der Waals surface area contributed by atoms with Gasteiger partial charge in [-0.25, -0.2) is 18.4 Å². The van der Waals surface area contributed by atoms with Crippen LogP contribution in [0.4, 0.5) is 8.78 Å². The molecule has 0 saturated heterocycles. The minimum atomic E-state index is -2.88. The maximum absolute atomic E-state index is 13.1. The highest BCUT2D eigenvalue weighted by Gasteiger charge is 2.24. The van der Waals surface area contributed by atoms with Crippen LogP contribution >= 0.6 is 0 Å². The molecule has 3 heterocycles. The predicted octanol–water partition coefficient (Wildman–Crippen LogP) is 2.08. The van der Waals surface area contributed by atoms with Crippen LogP contribution in [0.5, 0.6) is 0 Å². The normalized spacial score (nSPS) is 11.8. The molecule has 3 rings (SSSR count). The fourth-order valence-electron chi connectivity index (χ4n) is 2.00. The number of alkyl halides is 2. The van der Waals surface area contributed by atoms with Gasteiger partial charge < -0.3 is 4.57 Å². The molecule has 0 spiro atoms. The maximum atomic E-state index is 13.1. The number of hydrogen-bond donors (Lipinski definition) is 0. The SMILES string of the molecule is CC(F)(F)c1ccc(Cn2cc(Cn3ccnc3)nn2)nc1. The van der Waals surface area contributed by atoms with Crippen LogP contribution < -0.4 is 0 Å². The molecule has 0 fully saturated rings. The highest BCUT2D eigenvalue weighted by atomic mass is 19.3. The molecule has 0 atom stereocenters. The highest BCUT2D eigenvalue weighted by Crippen LogP contribution is 2.25. The first-order valence-electron chi connectivity index (χ1n) is 6.69. The van der Waals surface area contributed by atoms with Gasteiger partial charge in [-0.3, -0.25) is 4.98 Å². The minimum Gasteiger partial charge on any atom is -0.331 e. The largest absolute Gasteiger partial charge is 0.331 e. The Morgan fingerprint density at radius 1 is 1.18 bits per heavy atom. The molecule has 114 valence electrons. The number of aromatic nitrogens is 6. The Kier molecular flexibility index (Phi) is 3.66. The summed E-state index contributed by atoms with van der Waals surface area (Å²) in [5.74, 6) is -2.88. The summed E-state index contributed by atoms with van der Waals surface area (Å²) < 4.78 is 29.7.